The van der Waals surface area contributed by atoms with Crippen LogP contribution in [0, 0.1) is 16.7 Å². The molecule has 1 saturated heterocycles. The van der Waals surface area contributed by atoms with E-state index in [9.17, 15) is 5.26 Å². The first-order valence-electron chi connectivity index (χ1n) is 5.85. The van der Waals surface area contributed by atoms with Crippen molar-refractivity contribution in [1.29, 1.82) is 5.26 Å². The van der Waals surface area contributed by atoms with Gasteiger partial charge in [0.2, 0.25) is 0 Å². The number of methoxy groups -OCH3 is 1. The van der Waals surface area contributed by atoms with Crippen molar-refractivity contribution in [1.82, 2.24) is 0 Å². The van der Waals surface area contributed by atoms with Crippen LogP contribution in [0.3, 0.4) is 0 Å². The Labute approximate surface area is 108 Å². The van der Waals surface area contributed by atoms with Gasteiger partial charge in [0, 0.05) is 10.9 Å². The second kappa shape index (κ2) is 4.64. The molecule has 0 amide bonds. The van der Waals surface area contributed by atoms with Crippen LogP contribution in [0.15, 0.2) is 18.2 Å². The zero-order valence-corrected chi connectivity index (χ0v) is 11.1. The molecule has 0 saturated carbocycles. The Kier molecular flexibility index (Phi) is 3.33. The molecule has 0 unspecified atom stereocenters. The van der Waals surface area contributed by atoms with Crippen LogP contribution < -0.4 is 10.2 Å². The fourth-order valence-electron chi connectivity index (χ4n) is 1.82. The number of hydrogen-bond acceptors (Lipinski definition) is 4. The number of benzene rings is 1. The quantitative estimate of drug-likeness (QED) is 0.744. The van der Waals surface area contributed by atoms with Gasteiger partial charge in [-0.25, -0.2) is 0 Å². The van der Waals surface area contributed by atoms with Gasteiger partial charge >= 0.3 is 7.12 Å². The molecule has 1 aromatic carbocycles. The van der Waals surface area contributed by atoms with Gasteiger partial charge in [-0.2, -0.15) is 5.26 Å². The van der Waals surface area contributed by atoms with Crippen molar-refractivity contribution in [2.75, 3.05) is 7.11 Å². The largest absolute Gasteiger partial charge is 0.499 e. The second-order valence-electron chi connectivity index (χ2n) is 5.34. The van der Waals surface area contributed by atoms with Crippen molar-refractivity contribution in [3.8, 4) is 11.8 Å². The molecule has 0 aromatic heterocycles. The SMILES string of the molecule is COc1cccc(B2OC(C(C)(C)C)O2)c1C#N. The van der Waals surface area contributed by atoms with E-state index >= 15 is 0 Å². The molecular formula is C13H16BNO3. The van der Waals surface area contributed by atoms with Gasteiger partial charge in [0.15, 0.2) is 0 Å². The summed E-state index contributed by atoms with van der Waals surface area (Å²) in [5, 5.41) is 9.18. The van der Waals surface area contributed by atoms with E-state index in [4.69, 9.17) is 14.0 Å². The highest BCUT2D eigenvalue weighted by molar-refractivity contribution is 6.63. The monoisotopic (exact) mass is 245 g/mol. The number of nitrogens with zero attached hydrogens (tertiary/aromatic N) is 1. The standard InChI is InChI=1S/C13H16BNO3/c1-13(2,3)12-17-14(18-12)10-6-5-7-11(16-4)9(10)8-15/h5-7,12H,1-4H3. The predicted molar refractivity (Wildman–Crippen MR) is 68.5 cm³/mol. The molecule has 0 N–H and O–H groups in total. The molecule has 0 aliphatic carbocycles. The molecule has 1 aromatic rings. The van der Waals surface area contributed by atoms with E-state index in [1.807, 2.05) is 32.9 Å². The van der Waals surface area contributed by atoms with Crippen molar-refractivity contribution < 1.29 is 14.0 Å². The normalized spacial score (nSPS) is 16.1. The summed E-state index contributed by atoms with van der Waals surface area (Å²) < 4.78 is 16.6. The third-order valence-corrected chi connectivity index (χ3v) is 2.85. The molecule has 0 bridgehead atoms. The molecule has 1 aliphatic heterocycles. The Morgan fingerprint density at radius 2 is 2.00 bits per heavy atom. The molecule has 94 valence electrons. The fraction of sp³-hybridized carbons (Fsp3) is 0.462. The highest BCUT2D eigenvalue weighted by Crippen LogP contribution is 2.31. The lowest BCUT2D eigenvalue weighted by Gasteiger charge is -2.42. The highest BCUT2D eigenvalue weighted by atomic mass is 16.8. The summed E-state index contributed by atoms with van der Waals surface area (Å²) in [5.74, 6) is 0.543. The third-order valence-electron chi connectivity index (χ3n) is 2.85. The van der Waals surface area contributed by atoms with Crippen molar-refractivity contribution in [2.45, 2.75) is 27.1 Å². The first-order chi connectivity index (χ1) is 8.47. The minimum absolute atomic E-state index is 0.0673. The Balaban J connectivity index is 2.20. The molecule has 1 heterocycles. The maximum absolute atomic E-state index is 9.18. The second-order valence-corrected chi connectivity index (χ2v) is 5.34. The average Bonchev–Trinajstić information content (AvgIpc) is 2.24. The zero-order valence-electron chi connectivity index (χ0n) is 11.1. The first kappa shape index (κ1) is 12.9. The van der Waals surface area contributed by atoms with Gasteiger partial charge in [-0.05, 0) is 6.07 Å². The van der Waals surface area contributed by atoms with Crippen LogP contribution in [0.25, 0.3) is 0 Å². The number of ether oxygens (including phenoxy) is 1. The van der Waals surface area contributed by atoms with Gasteiger partial charge in [0.25, 0.3) is 0 Å². The lowest BCUT2D eigenvalue weighted by molar-refractivity contribution is -0.167. The molecule has 1 aliphatic rings. The van der Waals surface area contributed by atoms with Crippen molar-refractivity contribution >= 4 is 12.6 Å². The topological polar surface area (TPSA) is 51.5 Å². The van der Waals surface area contributed by atoms with Crippen LogP contribution in [0.5, 0.6) is 5.75 Å². The molecule has 4 nitrogen and oxygen atoms in total. The lowest BCUT2D eigenvalue weighted by Crippen LogP contribution is -2.58. The van der Waals surface area contributed by atoms with Crippen LogP contribution in [-0.2, 0) is 9.31 Å². The highest BCUT2D eigenvalue weighted by Gasteiger charge is 2.45. The zero-order chi connectivity index (χ0) is 13.3. The van der Waals surface area contributed by atoms with E-state index in [0.717, 1.165) is 5.46 Å². The van der Waals surface area contributed by atoms with Crippen LogP contribution in [-0.4, -0.2) is 20.5 Å². The molecule has 0 atom stereocenters. The predicted octanol–water partition coefficient (Wildman–Crippen LogP) is 1.68. The first-order valence-corrected chi connectivity index (χ1v) is 5.85. The summed E-state index contributed by atoms with van der Waals surface area (Å²) in [6.45, 7) is 6.14. The van der Waals surface area contributed by atoms with Gasteiger partial charge in [-0.3, -0.25) is 0 Å². The smallest absolute Gasteiger partial charge is 0.495 e. The fourth-order valence-corrected chi connectivity index (χ4v) is 1.82. The summed E-state index contributed by atoms with van der Waals surface area (Å²) in [6, 6.07) is 7.53. The van der Waals surface area contributed by atoms with Crippen molar-refractivity contribution in [3.63, 3.8) is 0 Å². The maximum Gasteiger partial charge on any atom is 0.499 e. The van der Waals surface area contributed by atoms with E-state index < -0.39 is 7.12 Å². The number of nitriles is 1. The molecule has 5 heteroatoms. The van der Waals surface area contributed by atoms with Crippen molar-refractivity contribution in [2.24, 2.45) is 5.41 Å². The summed E-state index contributed by atoms with van der Waals surface area (Å²) in [5.41, 5.74) is 1.12. The van der Waals surface area contributed by atoms with Gasteiger partial charge in [-0.1, -0.05) is 32.9 Å². The van der Waals surface area contributed by atoms with Crippen LogP contribution in [0.1, 0.15) is 26.3 Å². The summed E-state index contributed by atoms with van der Waals surface area (Å²) in [4.78, 5) is 0. The Morgan fingerprint density at radius 1 is 1.33 bits per heavy atom. The van der Waals surface area contributed by atoms with Crippen LogP contribution in [0.2, 0.25) is 0 Å². The van der Waals surface area contributed by atoms with E-state index in [-0.39, 0.29) is 11.7 Å². The van der Waals surface area contributed by atoms with E-state index in [0.29, 0.717) is 11.3 Å². The summed E-state index contributed by atoms with van der Waals surface area (Å²) in [6.07, 6.45) is -0.236. The van der Waals surface area contributed by atoms with Crippen LogP contribution >= 0.6 is 0 Å². The van der Waals surface area contributed by atoms with Crippen molar-refractivity contribution in [3.05, 3.63) is 23.8 Å². The van der Waals surface area contributed by atoms with Gasteiger partial charge in [-0.15, -0.1) is 0 Å². The molecular weight excluding hydrogens is 229 g/mol. The Bertz CT molecular complexity index is 484. The summed E-state index contributed by atoms with van der Waals surface area (Å²) >= 11 is 0. The maximum atomic E-state index is 9.18. The molecule has 0 radical (unpaired) electrons. The Hall–Kier alpha value is -1.51. The van der Waals surface area contributed by atoms with E-state index in [2.05, 4.69) is 6.07 Å². The van der Waals surface area contributed by atoms with Gasteiger partial charge < -0.3 is 14.0 Å². The van der Waals surface area contributed by atoms with E-state index in [1.165, 1.54) is 0 Å². The average molecular weight is 245 g/mol. The molecule has 18 heavy (non-hydrogen) atoms. The minimum atomic E-state index is -0.473. The Morgan fingerprint density at radius 3 is 2.50 bits per heavy atom. The van der Waals surface area contributed by atoms with Gasteiger partial charge in [0.05, 0.1) is 12.7 Å². The molecule has 1 fully saturated rings. The number of hydrogen-bond donors (Lipinski definition) is 0. The van der Waals surface area contributed by atoms with E-state index in [1.54, 1.807) is 13.2 Å². The number of rotatable bonds is 2. The summed E-state index contributed by atoms with van der Waals surface area (Å²) in [7, 11) is 1.07. The minimum Gasteiger partial charge on any atom is -0.495 e. The molecule has 2 rings (SSSR count). The molecule has 0 spiro atoms. The third kappa shape index (κ3) is 2.22. The van der Waals surface area contributed by atoms with Crippen LogP contribution in [0.4, 0.5) is 0 Å². The lowest BCUT2D eigenvalue weighted by atomic mass is 9.71. The van der Waals surface area contributed by atoms with Gasteiger partial charge in [0.1, 0.15) is 18.1 Å².